The molecule has 0 bridgehead atoms. The number of nitrogens with zero attached hydrogens (tertiary/aromatic N) is 1. The Labute approximate surface area is 80.6 Å². The van der Waals surface area contributed by atoms with Gasteiger partial charge in [-0.25, -0.2) is 5.48 Å². The van der Waals surface area contributed by atoms with E-state index in [0.717, 1.165) is 4.90 Å². The van der Waals surface area contributed by atoms with E-state index in [-0.39, 0.29) is 5.91 Å². The monoisotopic (exact) mass is 198 g/mol. The summed E-state index contributed by atoms with van der Waals surface area (Å²) in [4.78, 5) is 20.3. The van der Waals surface area contributed by atoms with E-state index in [1.165, 1.54) is 18.9 Å². The molecule has 0 saturated heterocycles. The van der Waals surface area contributed by atoms with Gasteiger partial charge in [-0.3, -0.25) is 14.6 Å². The molecule has 0 unspecified atom stereocenters. The molecule has 0 fully saturated rings. The van der Waals surface area contributed by atoms with Gasteiger partial charge in [0.05, 0.1) is 12.9 Å². The summed E-state index contributed by atoms with van der Waals surface area (Å²) in [5.74, 6) is 0.196. The molecule has 1 N–H and O–H groups in total. The highest BCUT2D eigenvalue weighted by Gasteiger charge is 2.00. The van der Waals surface area contributed by atoms with E-state index in [1.807, 2.05) is 12.1 Å². The van der Waals surface area contributed by atoms with Crippen molar-refractivity contribution in [1.29, 1.82) is 0 Å². The van der Waals surface area contributed by atoms with Gasteiger partial charge >= 0.3 is 0 Å². The van der Waals surface area contributed by atoms with E-state index < -0.39 is 0 Å². The predicted octanol–water partition coefficient (Wildman–Crippen LogP) is 0.851. The third-order valence-electron chi connectivity index (χ3n) is 1.24. The third kappa shape index (κ3) is 3.91. The van der Waals surface area contributed by atoms with Crippen LogP contribution in [-0.4, -0.2) is 23.8 Å². The number of hydroxylamine groups is 1. The number of amides is 1. The molecule has 0 aromatic carbocycles. The van der Waals surface area contributed by atoms with Crippen LogP contribution in [-0.2, 0) is 9.63 Å². The van der Waals surface area contributed by atoms with Crippen molar-refractivity contribution in [3.8, 4) is 0 Å². The van der Waals surface area contributed by atoms with Gasteiger partial charge in [-0.1, -0.05) is 0 Å². The smallest absolute Gasteiger partial charge is 0.253 e. The van der Waals surface area contributed by atoms with Gasteiger partial charge in [0.2, 0.25) is 0 Å². The summed E-state index contributed by atoms with van der Waals surface area (Å²) in [6, 6.07) is 3.70. The molecule has 0 spiro atoms. The average molecular weight is 198 g/mol. The summed E-state index contributed by atoms with van der Waals surface area (Å²) in [5.41, 5.74) is 2.24. The van der Waals surface area contributed by atoms with Crippen molar-refractivity contribution in [2.75, 3.05) is 12.9 Å². The molecule has 1 rings (SSSR count). The summed E-state index contributed by atoms with van der Waals surface area (Å²) in [5, 5.41) is 0. The van der Waals surface area contributed by atoms with Crippen molar-refractivity contribution in [1.82, 2.24) is 10.5 Å². The zero-order valence-corrected chi connectivity index (χ0v) is 8.00. The second kappa shape index (κ2) is 5.55. The highest BCUT2D eigenvalue weighted by Crippen LogP contribution is 2.15. The van der Waals surface area contributed by atoms with Gasteiger partial charge in [-0.05, 0) is 12.1 Å². The molecule has 0 saturated carbocycles. The normalized spacial score (nSPS) is 9.62. The Morgan fingerprint density at radius 2 is 2.31 bits per heavy atom. The lowest BCUT2D eigenvalue weighted by Crippen LogP contribution is -2.23. The number of hydrogen-bond acceptors (Lipinski definition) is 4. The van der Waals surface area contributed by atoms with E-state index in [1.54, 1.807) is 12.4 Å². The molecule has 0 atom stereocenters. The van der Waals surface area contributed by atoms with Crippen molar-refractivity contribution in [2.24, 2.45) is 0 Å². The number of rotatable bonds is 4. The number of nitrogens with one attached hydrogen (secondary N) is 1. The molecular formula is C8H10N2O2S. The zero-order chi connectivity index (χ0) is 9.52. The van der Waals surface area contributed by atoms with E-state index in [2.05, 4.69) is 15.3 Å². The van der Waals surface area contributed by atoms with E-state index in [0.29, 0.717) is 5.75 Å². The number of thioether (sulfide) groups is 1. The van der Waals surface area contributed by atoms with E-state index in [4.69, 9.17) is 0 Å². The first-order valence-corrected chi connectivity index (χ1v) is 4.66. The average Bonchev–Trinajstić information content (AvgIpc) is 2.17. The van der Waals surface area contributed by atoms with Crippen LogP contribution < -0.4 is 5.48 Å². The van der Waals surface area contributed by atoms with Crippen LogP contribution in [0.5, 0.6) is 0 Å². The number of hydrogen-bond donors (Lipinski definition) is 1. The maximum Gasteiger partial charge on any atom is 0.253 e. The van der Waals surface area contributed by atoms with Gasteiger partial charge in [0.1, 0.15) is 0 Å². The van der Waals surface area contributed by atoms with Gasteiger partial charge in [0.25, 0.3) is 5.91 Å². The third-order valence-corrected chi connectivity index (χ3v) is 2.25. The van der Waals surface area contributed by atoms with Crippen molar-refractivity contribution in [3.63, 3.8) is 0 Å². The molecule has 1 amide bonds. The van der Waals surface area contributed by atoms with Crippen LogP contribution in [0.1, 0.15) is 0 Å². The van der Waals surface area contributed by atoms with Crippen molar-refractivity contribution in [3.05, 3.63) is 24.5 Å². The lowest BCUT2D eigenvalue weighted by Gasteiger charge is -2.01. The largest absolute Gasteiger partial charge is 0.277 e. The van der Waals surface area contributed by atoms with Crippen molar-refractivity contribution in [2.45, 2.75) is 4.90 Å². The topological polar surface area (TPSA) is 51.2 Å². The highest BCUT2D eigenvalue weighted by atomic mass is 32.2. The SMILES string of the molecule is CONC(=O)CSc1ccncc1. The minimum absolute atomic E-state index is 0.149. The first-order valence-electron chi connectivity index (χ1n) is 3.67. The molecule has 13 heavy (non-hydrogen) atoms. The Balaban J connectivity index is 2.31. The van der Waals surface area contributed by atoms with Crippen molar-refractivity contribution >= 4 is 17.7 Å². The Hall–Kier alpha value is -1.07. The fourth-order valence-corrected chi connectivity index (χ4v) is 1.40. The zero-order valence-electron chi connectivity index (χ0n) is 7.19. The number of aromatic nitrogens is 1. The Bertz CT molecular complexity index is 266. The lowest BCUT2D eigenvalue weighted by atomic mass is 10.5. The summed E-state index contributed by atoms with van der Waals surface area (Å²) >= 11 is 1.44. The van der Waals surface area contributed by atoms with Crippen LogP contribution in [0.25, 0.3) is 0 Å². The van der Waals surface area contributed by atoms with Gasteiger partial charge in [-0.2, -0.15) is 0 Å². The molecular weight excluding hydrogens is 188 g/mol. The number of carbonyl (C=O) groups is 1. The molecule has 5 heteroatoms. The summed E-state index contributed by atoms with van der Waals surface area (Å²) in [6.45, 7) is 0. The maximum atomic E-state index is 10.9. The Kier molecular flexibility index (Phi) is 4.28. The van der Waals surface area contributed by atoms with Gasteiger partial charge in [0, 0.05) is 17.3 Å². The predicted molar refractivity (Wildman–Crippen MR) is 50.1 cm³/mol. The maximum absolute atomic E-state index is 10.9. The van der Waals surface area contributed by atoms with Crippen LogP contribution >= 0.6 is 11.8 Å². The fourth-order valence-electron chi connectivity index (χ4n) is 0.727. The van der Waals surface area contributed by atoms with Crippen LogP contribution in [0.2, 0.25) is 0 Å². The standard InChI is InChI=1S/C8H10N2O2S/c1-12-10-8(11)6-13-7-2-4-9-5-3-7/h2-5H,6H2,1H3,(H,10,11). The second-order valence-corrected chi connectivity index (χ2v) is 3.25. The van der Waals surface area contributed by atoms with Gasteiger partial charge in [-0.15, -0.1) is 11.8 Å². The lowest BCUT2D eigenvalue weighted by molar-refractivity contribution is -0.128. The van der Waals surface area contributed by atoms with Gasteiger partial charge < -0.3 is 0 Å². The molecule has 0 radical (unpaired) electrons. The summed E-state index contributed by atoms with van der Waals surface area (Å²) in [7, 11) is 1.41. The molecule has 1 heterocycles. The molecule has 0 aliphatic heterocycles. The molecule has 0 aliphatic rings. The van der Waals surface area contributed by atoms with E-state index in [9.17, 15) is 4.79 Å². The highest BCUT2D eigenvalue weighted by molar-refractivity contribution is 8.00. The van der Waals surface area contributed by atoms with Crippen LogP contribution in [0.15, 0.2) is 29.4 Å². The van der Waals surface area contributed by atoms with Gasteiger partial charge in [0.15, 0.2) is 0 Å². The summed E-state index contributed by atoms with van der Waals surface area (Å²) < 4.78 is 0. The van der Waals surface area contributed by atoms with Crippen LogP contribution in [0.3, 0.4) is 0 Å². The first-order chi connectivity index (χ1) is 6.33. The second-order valence-electron chi connectivity index (χ2n) is 2.20. The molecule has 1 aromatic rings. The molecule has 1 aromatic heterocycles. The van der Waals surface area contributed by atoms with Crippen LogP contribution in [0.4, 0.5) is 0 Å². The molecule has 70 valence electrons. The van der Waals surface area contributed by atoms with Crippen molar-refractivity contribution < 1.29 is 9.63 Å². The number of pyridine rings is 1. The Morgan fingerprint density at radius 3 is 2.92 bits per heavy atom. The van der Waals surface area contributed by atoms with E-state index >= 15 is 0 Å². The first kappa shape index (κ1) is 10.0. The molecule has 4 nitrogen and oxygen atoms in total. The number of carbonyl (C=O) groups excluding carboxylic acids is 1. The minimum Gasteiger partial charge on any atom is -0.277 e. The minimum atomic E-state index is -0.149. The van der Waals surface area contributed by atoms with Crippen LogP contribution in [0, 0.1) is 0 Å². The summed E-state index contributed by atoms with van der Waals surface area (Å²) in [6.07, 6.45) is 3.38. The Morgan fingerprint density at radius 1 is 1.62 bits per heavy atom. The fraction of sp³-hybridized carbons (Fsp3) is 0.250. The molecule has 0 aliphatic carbocycles. The quantitative estimate of drug-likeness (QED) is 0.575.